The van der Waals surface area contributed by atoms with Gasteiger partial charge < -0.3 is 10.5 Å². The lowest BCUT2D eigenvalue weighted by atomic mass is 10.1. The zero-order valence-corrected chi connectivity index (χ0v) is 9.83. The fourth-order valence-corrected chi connectivity index (χ4v) is 1.91. The Balaban J connectivity index is 3.30. The molecular weight excluding hydrogens is 250 g/mol. The van der Waals surface area contributed by atoms with Gasteiger partial charge in [0.2, 0.25) is 0 Å². The summed E-state index contributed by atoms with van der Waals surface area (Å²) in [4.78, 5) is 0.392. The first kappa shape index (κ1) is 10.5. The average molecular weight is 260 g/mol. The van der Waals surface area contributed by atoms with Gasteiger partial charge in [-0.2, -0.15) is 0 Å². The Morgan fingerprint density at radius 1 is 1.54 bits per heavy atom. The summed E-state index contributed by atoms with van der Waals surface area (Å²) in [6.45, 7) is 1.96. The molecule has 0 saturated heterocycles. The monoisotopic (exact) mass is 259 g/mol. The maximum Gasteiger partial charge on any atom is 0.133 e. The number of rotatable bonds is 2. The van der Waals surface area contributed by atoms with Crippen LogP contribution in [0.2, 0.25) is 0 Å². The van der Waals surface area contributed by atoms with Crippen LogP contribution in [-0.4, -0.2) is 12.1 Å². The first-order chi connectivity index (χ1) is 6.06. The van der Waals surface area contributed by atoms with Gasteiger partial charge in [0.1, 0.15) is 10.7 Å². The Morgan fingerprint density at radius 2 is 2.15 bits per heavy atom. The molecule has 1 aromatic carbocycles. The summed E-state index contributed by atoms with van der Waals surface area (Å²) < 4.78 is 6.04. The molecule has 0 aliphatic carbocycles. The van der Waals surface area contributed by atoms with E-state index in [4.69, 9.17) is 22.7 Å². The van der Waals surface area contributed by atoms with Crippen molar-refractivity contribution in [2.24, 2.45) is 5.73 Å². The molecule has 1 rings (SSSR count). The lowest BCUT2D eigenvalue weighted by Crippen LogP contribution is -2.11. The molecule has 0 atom stereocenters. The average Bonchev–Trinajstić information content (AvgIpc) is 2.03. The van der Waals surface area contributed by atoms with Crippen molar-refractivity contribution in [2.45, 2.75) is 6.92 Å². The number of thiocarbonyl (C=S) groups is 1. The number of aryl methyl sites for hydroxylation is 1. The standard InChI is InChI=1S/C9H10BrNOS/c1-5-3-7(10)8(12-2)4-6(5)9(11)13/h3-4H,1-2H3,(H2,11,13). The van der Waals surface area contributed by atoms with Crippen LogP contribution in [0.4, 0.5) is 0 Å². The Labute approximate surface area is 91.2 Å². The van der Waals surface area contributed by atoms with E-state index in [0.717, 1.165) is 21.3 Å². The van der Waals surface area contributed by atoms with Crippen molar-refractivity contribution < 1.29 is 4.74 Å². The fourth-order valence-electron chi connectivity index (χ4n) is 1.07. The van der Waals surface area contributed by atoms with Gasteiger partial charge in [-0.1, -0.05) is 12.2 Å². The van der Waals surface area contributed by atoms with Crippen LogP contribution in [0.1, 0.15) is 11.1 Å². The summed E-state index contributed by atoms with van der Waals surface area (Å²) in [5.41, 5.74) is 7.45. The van der Waals surface area contributed by atoms with Crippen LogP contribution in [0.3, 0.4) is 0 Å². The van der Waals surface area contributed by atoms with E-state index < -0.39 is 0 Å². The third-order valence-corrected chi connectivity index (χ3v) is 2.60. The van der Waals surface area contributed by atoms with Crippen LogP contribution in [-0.2, 0) is 0 Å². The van der Waals surface area contributed by atoms with E-state index in [9.17, 15) is 0 Å². The Kier molecular flexibility index (Phi) is 3.27. The van der Waals surface area contributed by atoms with Gasteiger partial charge in [0.25, 0.3) is 0 Å². The number of halogens is 1. The molecule has 4 heteroatoms. The molecule has 0 aliphatic heterocycles. The summed E-state index contributed by atoms with van der Waals surface area (Å²) in [5.74, 6) is 0.744. The van der Waals surface area contributed by atoms with Crippen molar-refractivity contribution in [3.63, 3.8) is 0 Å². The van der Waals surface area contributed by atoms with Gasteiger partial charge in [0.15, 0.2) is 0 Å². The molecule has 2 nitrogen and oxygen atoms in total. The van der Waals surface area contributed by atoms with E-state index in [2.05, 4.69) is 15.9 Å². The van der Waals surface area contributed by atoms with Crippen molar-refractivity contribution >= 4 is 33.1 Å². The van der Waals surface area contributed by atoms with Gasteiger partial charge >= 0.3 is 0 Å². The highest BCUT2D eigenvalue weighted by molar-refractivity contribution is 9.10. The number of ether oxygens (including phenoxy) is 1. The SMILES string of the molecule is COc1cc(C(N)=S)c(C)cc1Br. The molecule has 0 radical (unpaired) electrons. The number of benzene rings is 1. The van der Waals surface area contributed by atoms with Crippen LogP contribution in [0.25, 0.3) is 0 Å². The zero-order valence-electron chi connectivity index (χ0n) is 7.43. The van der Waals surface area contributed by atoms with Crippen molar-refractivity contribution in [3.8, 4) is 5.75 Å². The summed E-state index contributed by atoms with van der Waals surface area (Å²) >= 11 is 8.29. The molecule has 1 aromatic rings. The smallest absolute Gasteiger partial charge is 0.133 e. The molecule has 0 unspecified atom stereocenters. The molecule has 13 heavy (non-hydrogen) atoms. The van der Waals surface area contributed by atoms with Gasteiger partial charge in [0.05, 0.1) is 11.6 Å². The number of methoxy groups -OCH3 is 1. The molecule has 2 N–H and O–H groups in total. The zero-order chi connectivity index (χ0) is 10.0. The minimum Gasteiger partial charge on any atom is -0.496 e. The van der Waals surface area contributed by atoms with Crippen LogP contribution >= 0.6 is 28.1 Å². The summed E-state index contributed by atoms with van der Waals surface area (Å²) in [6, 6.07) is 3.77. The predicted molar refractivity (Wildman–Crippen MR) is 61.3 cm³/mol. The minimum atomic E-state index is 0.392. The Bertz CT molecular complexity index is 352. The normalized spacial score (nSPS) is 9.77. The summed E-state index contributed by atoms with van der Waals surface area (Å²) in [6.07, 6.45) is 0. The van der Waals surface area contributed by atoms with Gasteiger partial charge in [-0.3, -0.25) is 0 Å². The fraction of sp³-hybridized carbons (Fsp3) is 0.222. The van der Waals surface area contributed by atoms with E-state index in [0.29, 0.717) is 4.99 Å². The van der Waals surface area contributed by atoms with Crippen molar-refractivity contribution in [1.82, 2.24) is 0 Å². The second-order valence-corrected chi connectivity index (χ2v) is 3.96. The van der Waals surface area contributed by atoms with Crippen molar-refractivity contribution in [3.05, 3.63) is 27.7 Å². The quantitative estimate of drug-likeness (QED) is 0.829. The lowest BCUT2D eigenvalue weighted by Gasteiger charge is -2.08. The van der Waals surface area contributed by atoms with Gasteiger partial charge in [-0.05, 0) is 40.5 Å². The van der Waals surface area contributed by atoms with Gasteiger partial charge in [-0.25, -0.2) is 0 Å². The van der Waals surface area contributed by atoms with Crippen LogP contribution in [0, 0.1) is 6.92 Å². The van der Waals surface area contributed by atoms with Crippen LogP contribution in [0.15, 0.2) is 16.6 Å². The van der Waals surface area contributed by atoms with E-state index in [-0.39, 0.29) is 0 Å². The molecule has 0 bridgehead atoms. The van der Waals surface area contributed by atoms with Crippen molar-refractivity contribution in [2.75, 3.05) is 7.11 Å². The highest BCUT2D eigenvalue weighted by Crippen LogP contribution is 2.28. The second kappa shape index (κ2) is 4.07. The Hall–Kier alpha value is -0.610. The number of hydrogen-bond donors (Lipinski definition) is 1. The van der Waals surface area contributed by atoms with E-state index in [1.165, 1.54) is 0 Å². The topological polar surface area (TPSA) is 35.2 Å². The number of nitrogens with two attached hydrogens (primary N) is 1. The van der Waals surface area contributed by atoms with Gasteiger partial charge in [0, 0.05) is 5.56 Å². The molecule has 70 valence electrons. The summed E-state index contributed by atoms with van der Waals surface area (Å²) in [7, 11) is 1.61. The predicted octanol–water partition coefficient (Wildman–Crippen LogP) is 2.40. The first-order valence-corrected chi connectivity index (χ1v) is 4.90. The molecule has 0 heterocycles. The first-order valence-electron chi connectivity index (χ1n) is 3.70. The minimum absolute atomic E-state index is 0.392. The molecule has 0 fully saturated rings. The Morgan fingerprint density at radius 3 is 2.62 bits per heavy atom. The van der Waals surface area contributed by atoms with Gasteiger partial charge in [-0.15, -0.1) is 0 Å². The molecule has 0 amide bonds. The maximum absolute atomic E-state index is 5.55. The molecule has 0 saturated carbocycles. The second-order valence-electron chi connectivity index (χ2n) is 2.67. The third kappa shape index (κ3) is 2.19. The maximum atomic E-state index is 5.55. The molecule has 0 aliphatic rings. The molecule has 0 aromatic heterocycles. The largest absolute Gasteiger partial charge is 0.496 e. The molecule has 0 spiro atoms. The van der Waals surface area contributed by atoms with Crippen molar-refractivity contribution in [1.29, 1.82) is 0 Å². The van der Waals surface area contributed by atoms with E-state index in [1.807, 2.05) is 19.1 Å². The summed E-state index contributed by atoms with van der Waals surface area (Å²) in [5, 5.41) is 0. The highest BCUT2D eigenvalue weighted by atomic mass is 79.9. The van der Waals surface area contributed by atoms with E-state index in [1.54, 1.807) is 7.11 Å². The van der Waals surface area contributed by atoms with Crippen LogP contribution < -0.4 is 10.5 Å². The van der Waals surface area contributed by atoms with Crippen LogP contribution in [0.5, 0.6) is 5.75 Å². The number of hydrogen-bond acceptors (Lipinski definition) is 2. The van der Waals surface area contributed by atoms with E-state index >= 15 is 0 Å². The molecular formula is C9H10BrNOS. The lowest BCUT2D eigenvalue weighted by molar-refractivity contribution is 0.412. The highest BCUT2D eigenvalue weighted by Gasteiger charge is 2.07. The third-order valence-electron chi connectivity index (χ3n) is 1.76.